The topological polar surface area (TPSA) is 119 Å². The Morgan fingerprint density at radius 1 is 1.33 bits per heavy atom. The van der Waals surface area contributed by atoms with Crippen LogP contribution in [-0.4, -0.2) is 59.8 Å². The predicted octanol–water partition coefficient (Wildman–Crippen LogP) is -0.312. The van der Waals surface area contributed by atoms with Crippen molar-refractivity contribution in [3.05, 3.63) is 12.7 Å². The van der Waals surface area contributed by atoms with E-state index < -0.39 is 30.5 Å². The molecule has 0 unspecified atom stereocenters. The molecule has 4 atom stereocenters. The van der Waals surface area contributed by atoms with Crippen LogP contribution in [0.25, 0.3) is 11.2 Å². The summed E-state index contributed by atoms with van der Waals surface area (Å²) < 4.78 is 19.3. The standard InChI is InChI=1S/C11H14FN5O3S/c12-2-21-1-5-7(18)8(19)11(20-5)17-4-16-6-9(13)14-3-15-10(6)17/h3-5,7-8,11,18-19H,1-2H2,(H2,13,14,15)/t5-,7-,8-,11-/m1/s1. The van der Waals surface area contributed by atoms with Crippen LogP contribution in [0, 0.1) is 0 Å². The third-order valence-electron chi connectivity index (χ3n) is 3.36. The van der Waals surface area contributed by atoms with Crippen LogP contribution in [0.5, 0.6) is 0 Å². The summed E-state index contributed by atoms with van der Waals surface area (Å²) in [6.45, 7) is 0. The number of alkyl halides is 1. The summed E-state index contributed by atoms with van der Waals surface area (Å²) in [4.78, 5) is 12.0. The molecule has 0 saturated carbocycles. The molecule has 114 valence electrons. The van der Waals surface area contributed by atoms with Gasteiger partial charge in [0.1, 0.15) is 30.1 Å². The number of imidazole rings is 1. The summed E-state index contributed by atoms with van der Waals surface area (Å²) in [6.07, 6.45) is -1.09. The molecule has 4 N–H and O–H groups in total. The van der Waals surface area contributed by atoms with E-state index in [1.807, 2.05) is 0 Å². The van der Waals surface area contributed by atoms with Crippen LogP contribution in [0.15, 0.2) is 12.7 Å². The van der Waals surface area contributed by atoms with Gasteiger partial charge in [-0.1, -0.05) is 0 Å². The first-order valence-electron chi connectivity index (χ1n) is 6.21. The van der Waals surface area contributed by atoms with Crippen LogP contribution in [0.2, 0.25) is 0 Å². The van der Waals surface area contributed by atoms with Crippen molar-refractivity contribution in [3.8, 4) is 0 Å². The highest BCUT2D eigenvalue weighted by molar-refractivity contribution is 7.99. The number of hydrogen-bond acceptors (Lipinski definition) is 8. The zero-order chi connectivity index (χ0) is 15.0. The fourth-order valence-corrected chi connectivity index (χ4v) is 2.91. The number of nitrogen functional groups attached to an aromatic ring is 1. The quantitative estimate of drug-likeness (QED) is 0.703. The molecule has 0 spiro atoms. The van der Waals surface area contributed by atoms with Crippen molar-refractivity contribution in [2.75, 3.05) is 17.5 Å². The number of halogens is 1. The number of thioether (sulfide) groups is 1. The maximum absolute atomic E-state index is 12.2. The zero-order valence-corrected chi connectivity index (χ0v) is 11.6. The SMILES string of the molecule is Nc1ncnc2c1ncn2[C@@H]1O[C@H](CSCF)[C@@H](O)[C@H]1O. The molecule has 2 aromatic heterocycles. The number of hydrogen-bond donors (Lipinski definition) is 3. The largest absolute Gasteiger partial charge is 0.387 e. The molecule has 1 aliphatic rings. The lowest BCUT2D eigenvalue weighted by molar-refractivity contribution is -0.0289. The van der Waals surface area contributed by atoms with Crippen molar-refractivity contribution in [1.82, 2.24) is 19.5 Å². The maximum Gasteiger partial charge on any atom is 0.167 e. The molecule has 3 heterocycles. The molecule has 2 aromatic rings. The molecule has 8 nitrogen and oxygen atoms in total. The molecule has 0 aromatic carbocycles. The highest BCUT2D eigenvalue weighted by Gasteiger charge is 2.44. The lowest BCUT2D eigenvalue weighted by Gasteiger charge is -2.16. The second kappa shape index (κ2) is 5.72. The maximum atomic E-state index is 12.2. The van der Waals surface area contributed by atoms with Gasteiger partial charge in [0.2, 0.25) is 0 Å². The fraction of sp³-hybridized carbons (Fsp3) is 0.545. The van der Waals surface area contributed by atoms with Crippen molar-refractivity contribution in [2.45, 2.75) is 24.5 Å². The average molecular weight is 315 g/mol. The molecule has 1 saturated heterocycles. The number of aromatic nitrogens is 4. The fourth-order valence-electron chi connectivity index (χ4n) is 2.31. The minimum atomic E-state index is -1.16. The summed E-state index contributed by atoms with van der Waals surface area (Å²) in [6, 6.07) is -0.578. The van der Waals surface area contributed by atoms with Gasteiger partial charge in [0.05, 0.1) is 12.4 Å². The van der Waals surface area contributed by atoms with Gasteiger partial charge in [0.25, 0.3) is 0 Å². The molecule has 3 rings (SSSR count). The van der Waals surface area contributed by atoms with E-state index in [4.69, 9.17) is 10.5 Å². The Morgan fingerprint density at radius 3 is 2.90 bits per heavy atom. The molecular weight excluding hydrogens is 301 g/mol. The molecule has 0 radical (unpaired) electrons. The lowest BCUT2D eigenvalue weighted by Crippen LogP contribution is -2.32. The number of aliphatic hydroxyl groups excluding tert-OH is 2. The van der Waals surface area contributed by atoms with Crippen LogP contribution < -0.4 is 5.73 Å². The van der Waals surface area contributed by atoms with Gasteiger partial charge in [-0.2, -0.15) is 0 Å². The lowest BCUT2D eigenvalue weighted by atomic mass is 10.1. The number of rotatable bonds is 4. The summed E-state index contributed by atoms with van der Waals surface area (Å²) >= 11 is 0.983. The Balaban J connectivity index is 1.90. The second-order valence-electron chi connectivity index (χ2n) is 4.61. The van der Waals surface area contributed by atoms with E-state index in [9.17, 15) is 14.6 Å². The van der Waals surface area contributed by atoms with Gasteiger partial charge in [-0.05, 0) is 0 Å². The van der Waals surface area contributed by atoms with Crippen LogP contribution in [0.1, 0.15) is 6.23 Å². The normalized spacial score (nSPS) is 29.3. The van der Waals surface area contributed by atoms with E-state index in [0.717, 1.165) is 11.8 Å². The summed E-state index contributed by atoms with van der Waals surface area (Å²) in [5.74, 6) is 0.464. The molecule has 0 aliphatic carbocycles. The molecule has 0 amide bonds. The van der Waals surface area contributed by atoms with Gasteiger partial charge < -0.3 is 20.7 Å². The van der Waals surface area contributed by atoms with Crippen molar-refractivity contribution >= 4 is 28.7 Å². The second-order valence-corrected chi connectivity index (χ2v) is 5.57. The van der Waals surface area contributed by atoms with Gasteiger partial charge in [-0.3, -0.25) is 4.57 Å². The summed E-state index contributed by atoms with van der Waals surface area (Å²) in [7, 11) is 0. The Kier molecular flexibility index (Phi) is 3.93. The van der Waals surface area contributed by atoms with E-state index in [-0.39, 0.29) is 11.6 Å². The van der Waals surface area contributed by atoms with Gasteiger partial charge in [-0.15, -0.1) is 11.8 Å². The highest BCUT2D eigenvalue weighted by Crippen LogP contribution is 2.33. The third-order valence-corrected chi connectivity index (χ3v) is 4.08. The first kappa shape index (κ1) is 14.4. The number of aliphatic hydroxyl groups is 2. The Morgan fingerprint density at radius 2 is 2.14 bits per heavy atom. The van der Waals surface area contributed by atoms with E-state index in [1.54, 1.807) is 0 Å². The number of nitrogens with zero attached hydrogens (tertiary/aromatic N) is 4. The van der Waals surface area contributed by atoms with Crippen molar-refractivity contribution in [3.63, 3.8) is 0 Å². The average Bonchev–Trinajstić information content (AvgIpc) is 3.02. The predicted molar refractivity (Wildman–Crippen MR) is 74.1 cm³/mol. The van der Waals surface area contributed by atoms with Crippen molar-refractivity contribution in [2.24, 2.45) is 0 Å². The van der Waals surface area contributed by atoms with Crippen molar-refractivity contribution < 1.29 is 19.3 Å². The van der Waals surface area contributed by atoms with Crippen molar-refractivity contribution in [1.29, 1.82) is 0 Å². The zero-order valence-electron chi connectivity index (χ0n) is 10.8. The number of ether oxygens (including phenoxy) is 1. The molecular formula is C11H14FN5O3S. The monoisotopic (exact) mass is 315 g/mol. The van der Waals surface area contributed by atoms with Crippen LogP contribution >= 0.6 is 11.8 Å². The summed E-state index contributed by atoms with van der Waals surface area (Å²) in [5, 5.41) is 20.1. The molecule has 0 bridgehead atoms. The molecule has 1 aliphatic heterocycles. The number of fused-ring (bicyclic) bond motifs is 1. The Labute approximate surface area is 123 Å². The summed E-state index contributed by atoms with van der Waals surface area (Å²) in [5.41, 5.74) is 6.49. The molecule has 10 heteroatoms. The Hall–Kier alpha value is -1.49. The smallest absolute Gasteiger partial charge is 0.167 e. The highest BCUT2D eigenvalue weighted by atomic mass is 32.2. The van der Waals surface area contributed by atoms with E-state index >= 15 is 0 Å². The van der Waals surface area contributed by atoms with Gasteiger partial charge in [-0.25, -0.2) is 19.3 Å². The van der Waals surface area contributed by atoms with Crippen LogP contribution in [0.3, 0.4) is 0 Å². The van der Waals surface area contributed by atoms with Gasteiger partial charge in [0, 0.05) is 5.75 Å². The van der Waals surface area contributed by atoms with E-state index in [2.05, 4.69) is 15.0 Å². The first-order valence-corrected chi connectivity index (χ1v) is 7.37. The van der Waals surface area contributed by atoms with Gasteiger partial charge >= 0.3 is 0 Å². The van der Waals surface area contributed by atoms with E-state index in [1.165, 1.54) is 17.2 Å². The molecule has 21 heavy (non-hydrogen) atoms. The third kappa shape index (κ3) is 2.44. The van der Waals surface area contributed by atoms with E-state index in [0.29, 0.717) is 11.2 Å². The number of nitrogens with two attached hydrogens (primary N) is 1. The molecule has 1 fully saturated rings. The number of anilines is 1. The minimum absolute atomic E-state index is 0.219. The minimum Gasteiger partial charge on any atom is -0.387 e. The van der Waals surface area contributed by atoms with Crippen LogP contribution in [-0.2, 0) is 4.74 Å². The Bertz CT molecular complexity index is 641. The first-order chi connectivity index (χ1) is 10.1. The van der Waals surface area contributed by atoms with Gasteiger partial charge in [0.15, 0.2) is 17.7 Å². The van der Waals surface area contributed by atoms with Crippen LogP contribution in [0.4, 0.5) is 10.2 Å².